The second kappa shape index (κ2) is 15.1. The van der Waals surface area contributed by atoms with Gasteiger partial charge in [0.25, 0.3) is 0 Å². The van der Waals surface area contributed by atoms with Crippen LogP contribution in [0.2, 0.25) is 0 Å². The first-order valence-corrected chi connectivity index (χ1v) is 16.4. The molecule has 222 valence electrons. The van der Waals surface area contributed by atoms with Gasteiger partial charge in [0, 0.05) is 5.56 Å². The summed E-state index contributed by atoms with van der Waals surface area (Å²) in [5, 5.41) is 0. The highest BCUT2D eigenvalue weighted by atomic mass is 31.2. The van der Waals surface area contributed by atoms with E-state index in [1.54, 1.807) is 0 Å². The Balaban J connectivity index is 1.36. The van der Waals surface area contributed by atoms with Crippen LogP contribution in [-0.2, 0) is 15.7 Å². The van der Waals surface area contributed by atoms with E-state index >= 15 is 0 Å². The zero-order valence-electron chi connectivity index (χ0n) is 24.9. The molecule has 0 radical (unpaired) electrons. The Morgan fingerprint density at radius 2 is 0.930 bits per heavy atom. The van der Waals surface area contributed by atoms with Crippen LogP contribution in [-0.4, -0.2) is 0 Å². The number of hydrogen-bond acceptors (Lipinski definition) is 6. The minimum atomic E-state index is -1.83. The average molecular weight is 615 g/mol. The van der Waals surface area contributed by atoms with Crippen molar-refractivity contribution in [3.63, 3.8) is 0 Å². The molecule has 0 amide bonds. The maximum Gasteiger partial charge on any atom is 0.530 e. The molecule has 1 aliphatic carbocycles. The molecule has 8 heteroatoms. The molecular formula is C35H36O6P2. The molecule has 0 N–H and O–H groups in total. The average Bonchev–Trinajstić information content (AvgIpc) is 3.01. The summed E-state index contributed by atoms with van der Waals surface area (Å²) in [7, 11) is -3.63. The van der Waals surface area contributed by atoms with Crippen molar-refractivity contribution in [3.8, 4) is 23.0 Å². The first kappa shape index (κ1) is 30.6. The van der Waals surface area contributed by atoms with Crippen molar-refractivity contribution in [2.75, 3.05) is 0 Å². The molecule has 0 aliphatic heterocycles. The molecule has 1 aliphatic rings. The first-order valence-electron chi connectivity index (χ1n) is 14.2. The van der Waals surface area contributed by atoms with E-state index in [1.807, 2.05) is 125 Å². The van der Waals surface area contributed by atoms with Gasteiger partial charge in [0.05, 0.1) is 6.61 Å². The van der Waals surface area contributed by atoms with E-state index in [2.05, 4.69) is 12.2 Å². The van der Waals surface area contributed by atoms with Crippen LogP contribution in [0.25, 0.3) is 0 Å². The van der Waals surface area contributed by atoms with Crippen LogP contribution in [0, 0.1) is 20.8 Å². The minimum absolute atomic E-state index is 0.189. The third kappa shape index (κ3) is 8.61. The van der Waals surface area contributed by atoms with E-state index in [0.717, 1.165) is 46.4 Å². The molecular weight excluding hydrogens is 578 g/mol. The van der Waals surface area contributed by atoms with Crippen molar-refractivity contribution in [3.05, 3.63) is 143 Å². The summed E-state index contributed by atoms with van der Waals surface area (Å²) in [4.78, 5) is 0. The van der Waals surface area contributed by atoms with E-state index in [1.165, 1.54) is 0 Å². The number of hydrogen-bond donors (Lipinski definition) is 0. The number of benzene rings is 4. The number of para-hydroxylation sites is 4. The van der Waals surface area contributed by atoms with Gasteiger partial charge in [0.15, 0.2) is 0 Å². The fourth-order valence-corrected chi connectivity index (χ4v) is 6.54. The Hall–Kier alpha value is -3.82. The quantitative estimate of drug-likeness (QED) is 0.140. The summed E-state index contributed by atoms with van der Waals surface area (Å²) in [6.45, 7) is 8.22. The summed E-state index contributed by atoms with van der Waals surface area (Å²) in [6.07, 6.45) is 6.16. The molecule has 1 atom stereocenters. The van der Waals surface area contributed by atoms with Crippen LogP contribution < -0.4 is 18.1 Å². The van der Waals surface area contributed by atoms with Gasteiger partial charge >= 0.3 is 17.2 Å². The van der Waals surface area contributed by atoms with Gasteiger partial charge in [0.2, 0.25) is 0 Å². The van der Waals surface area contributed by atoms with E-state index in [0.29, 0.717) is 23.0 Å². The molecule has 4 aromatic rings. The third-order valence-electron chi connectivity index (χ3n) is 6.78. The molecule has 1 unspecified atom stereocenters. The fourth-order valence-electron chi connectivity index (χ4n) is 4.22. The maximum absolute atomic E-state index is 6.46. The second-order valence-corrected chi connectivity index (χ2v) is 12.2. The largest absolute Gasteiger partial charge is 0.530 e. The van der Waals surface area contributed by atoms with Gasteiger partial charge in [-0.25, -0.2) is 0 Å². The maximum atomic E-state index is 6.46. The van der Waals surface area contributed by atoms with Gasteiger partial charge in [0.1, 0.15) is 28.8 Å². The smallest absolute Gasteiger partial charge is 0.417 e. The van der Waals surface area contributed by atoms with Crippen molar-refractivity contribution in [1.82, 2.24) is 0 Å². The predicted octanol–water partition coefficient (Wildman–Crippen LogP) is 10.8. The molecule has 0 aromatic heterocycles. The van der Waals surface area contributed by atoms with Gasteiger partial charge in [-0.2, -0.15) is 0 Å². The van der Waals surface area contributed by atoms with Crippen LogP contribution in [0.3, 0.4) is 0 Å². The Morgan fingerprint density at radius 3 is 1.47 bits per heavy atom. The van der Waals surface area contributed by atoms with Gasteiger partial charge in [-0.1, -0.05) is 78.9 Å². The van der Waals surface area contributed by atoms with Crippen molar-refractivity contribution in [2.45, 2.75) is 47.1 Å². The van der Waals surface area contributed by atoms with Crippen molar-refractivity contribution in [2.24, 2.45) is 0 Å². The molecule has 6 nitrogen and oxygen atoms in total. The molecule has 4 aromatic carbocycles. The SMILES string of the molecule is CC1=CCCC=C1OP(Oc1ccccc1C)Oc1ccccc1COP(Oc1ccccc1C)Oc1ccccc1C. The molecule has 0 bridgehead atoms. The van der Waals surface area contributed by atoms with Gasteiger partial charge in [-0.05, 0) is 93.1 Å². The highest BCUT2D eigenvalue weighted by molar-refractivity contribution is 7.43. The van der Waals surface area contributed by atoms with Crippen molar-refractivity contribution in [1.29, 1.82) is 0 Å². The normalized spacial score (nSPS) is 13.5. The third-order valence-corrected chi connectivity index (χ3v) is 8.85. The van der Waals surface area contributed by atoms with Crippen molar-refractivity contribution < 1.29 is 27.1 Å². The molecule has 0 spiro atoms. The molecule has 0 saturated carbocycles. The molecule has 0 heterocycles. The number of aryl methyl sites for hydroxylation is 3. The predicted molar refractivity (Wildman–Crippen MR) is 173 cm³/mol. The zero-order chi connectivity index (χ0) is 30.0. The Labute approximate surface area is 256 Å². The summed E-state index contributed by atoms with van der Waals surface area (Å²) in [5.41, 5.74) is 4.86. The lowest BCUT2D eigenvalue weighted by Gasteiger charge is -2.23. The molecule has 0 saturated heterocycles. The summed E-state index contributed by atoms with van der Waals surface area (Å²) >= 11 is 0. The van der Waals surface area contributed by atoms with E-state index < -0.39 is 17.2 Å². The highest BCUT2D eigenvalue weighted by Gasteiger charge is 2.26. The van der Waals surface area contributed by atoms with Crippen LogP contribution in [0.1, 0.15) is 42.0 Å². The number of allylic oxidation sites excluding steroid dienone is 3. The van der Waals surface area contributed by atoms with E-state index in [4.69, 9.17) is 27.1 Å². The Kier molecular flexibility index (Phi) is 10.7. The standard InChI is InChI=1S/C35H36O6P2/c1-26-15-5-10-20-31(26)37-42(38-32-21-11-6-16-27(32)2)36-25-30-19-9-14-24-35(30)41-43(39-33-22-12-7-17-28(33)3)40-34-23-13-8-18-29(34)4/h5-7,9-12,14-24H,8,13,25H2,1-4H3. The molecule has 0 fully saturated rings. The first-order chi connectivity index (χ1) is 21.0. The van der Waals surface area contributed by atoms with Gasteiger partial charge in [-0.15, -0.1) is 0 Å². The van der Waals surface area contributed by atoms with Gasteiger partial charge < -0.3 is 22.6 Å². The lowest BCUT2D eigenvalue weighted by atomic mass is 10.1. The monoisotopic (exact) mass is 614 g/mol. The van der Waals surface area contributed by atoms with Crippen LogP contribution in [0.5, 0.6) is 23.0 Å². The lowest BCUT2D eigenvalue weighted by molar-refractivity contribution is 0.252. The van der Waals surface area contributed by atoms with Crippen molar-refractivity contribution >= 4 is 17.2 Å². The Bertz CT molecular complexity index is 1540. The minimum Gasteiger partial charge on any atom is -0.417 e. The zero-order valence-corrected chi connectivity index (χ0v) is 26.6. The summed E-state index contributed by atoms with van der Waals surface area (Å²) < 4.78 is 38.0. The second-order valence-electron chi connectivity index (χ2n) is 10.1. The van der Waals surface area contributed by atoms with E-state index in [-0.39, 0.29) is 6.61 Å². The highest BCUT2D eigenvalue weighted by Crippen LogP contribution is 2.48. The lowest BCUT2D eigenvalue weighted by Crippen LogP contribution is -2.06. The van der Waals surface area contributed by atoms with Gasteiger partial charge in [-0.3, -0.25) is 4.52 Å². The topological polar surface area (TPSA) is 55.4 Å². The fraction of sp³-hybridized carbons (Fsp3) is 0.200. The number of rotatable bonds is 13. The summed E-state index contributed by atoms with van der Waals surface area (Å²) in [5.74, 6) is 3.50. The van der Waals surface area contributed by atoms with Crippen LogP contribution in [0.15, 0.2) is 121 Å². The molecule has 5 rings (SSSR count). The van der Waals surface area contributed by atoms with Crippen LogP contribution in [0.4, 0.5) is 0 Å². The Morgan fingerprint density at radius 1 is 0.488 bits per heavy atom. The van der Waals surface area contributed by atoms with Crippen LogP contribution >= 0.6 is 17.2 Å². The van der Waals surface area contributed by atoms with E-state index in [9.17, 15) is 0 Å². The molecule has 43 heavy (non-hydrogen) atoms. The summed E-state index contributed by atoms with van der Waals surface area (Å²) in [6, 6.07) is 31.2.